The van der Waals surface area contributed by atoms with Gasteiger partial charge in [0.1, 0.15) is 5.60 Å². The number of para-hydroxylation sites is 2. The zero-order chi connectivity index (χ0) is 39.7. The number of anilines is 2. The molecule has 4 rings (SSSR count). The molecule has 0 saturated heterocycles. The summed E-state index contributed by atoms with van der Waals surface area (Å²) in [7, 11) is 1.79. The first-order valence-corrected chi connectivity index (χ1v) is 21.6. The molecule has 3 N–H and O–H groups in total. The van der Waals surface area contributed by atoms with Gasteiger partial charge in [-0.15, -0.1) is 0 Å². The minimum absolute atomic E-state index is 0.190. The van der Waals surface area contributed by atoms with Gasteiger partial charge in [-0.05, 0) is 112 Å². The normalized spacial score (nSPS) is 18.4. The van der Waals surface area contributed by atoms with Crippen molar-refractivity contribution in [1.29, 1.82) is 0 Å². The predicted octanol–water partition coefficient (Wildman–Crippen LogP) is 9.85. The number of hydrogen-bond acceptors (Lipinski definition) is 6. The molecule has 0 fully saturated rings. The highest BCUT2D eigenvalue weighted by Crippen LogP contribution is 2.48. The fourth-order valence-corrected chi connectivity index (χ4v) is 8.26. The second-order valence-corrected chi connectivity index (χ2v) is 18.5. The summed E-state index contributed by atoms with van der Waals surface area (Å²) in [6.45, 7) is 16.0. The van der Waals surface area contributed by atoms with Crippen LogP contribution in [0.25, 0.3) is 0 Å². The van der Waals surface area contributed by atoms with Crippen LogP contribution >= 0.6 is 0 Å². The number of hydrogen-bond donors (Lipinski definition) is 3. The number of carbonyl (C=O) groups excluding carboxylic acids is 1. The van der Waals surface area contributed by atoms with Crippen molar-refractivity contribution in [3.05, 3.63) is 107 Å². The minimum Gasteiger partial charge on any atom is -0.443 e. The Hall–Kier alpha value is -3.51. The summed E-state index contributed by atoms with van der Waals surface area (Å²) in [6.07, 6.45) is 13.6. The van der Waals surface area contributed by atoms with Gasteiger partial charge in [0.05, 0.1) is 5.70 Å². The summed E-state index contributed by atoms with van der Waals surface area (Å²) >= 11 is -3.56. The number of unbranched alkanes of at least 4 members (excludes halogenated alkanes) is 2. The Bertz CT molecular complexity index is 1800. The van der Waals surface area contributed by atoms with Gasteiger partial charge < -0.3 is 24.1 Å². The van der Waals surface area contributed by atoms with Crippen molar-refractivity contribution in [2.75, 3.05) is 41.9 Å². The first-order chi connectivity index (χ1) is 25.4. The summed E-state index contributed by atoms with van der Waals surface area (Å²) < 4.78 is 46.6. The number of amides is 1. The van der Waals surface area contributed by atoms with E-state index >= 15 is 0 Å². The van der Waals surface area contributed by atoms with Crippen LogP contribution in [0, 0.1) is 0 Å². The fraction of sp³-hybridized carbons (Fsp3) is 0.512. The number of nitrogens with one attached hydrogen (secondary N) is 1. The molecular weight excluding hydrogens is 719 g/mol. The molecule has 1 heterocycles. The first-order valence-electron chi connectivity index (χ1n) is 19.1. The van der Waals surface area contributed by atoms with Gasteiger partial charge in [-0.2, -0.15) is 0 Å². The van der Waals surface area contributed by atoms with E-state index in [2.05, 4.69) is 105 Å². The van der Waals surface area contributed by atoms with Crippen molar-refractivity contribution in [3.8, 4) is 0 Å². The molecule has 1 amide bonds. The van der Waals surface area contributed by atoms with Gasteiger partial charge in [0, 0.05) is 54.1 Å². The molecule has 1 aliphatic heterocycles. The average Bonchev–Trinajstić information content (AvgIpc) is 3.58. The summed E-state index contributed by atoms with van der Waals surface area (Å²) in [5.41, 5.74) is 7.76. The number of fused-ring (bicyclic) bond motifs is 1. The van der Waals surface area contributed by atoms with Crippen LogP contribution in [0.4, 0.5) is 16.2 Å². The van der Waals surface area contributed by atoms with Crippen molar-refractivity contribution in [3.63, 3.8) is 0 Å². The summed E-state index contributed by atoms with van der Waals surface area (Å²) in [5.74, 6) is 0.553. The highest BCUT2D eigenvalue weighted by Gasteiger charge is 2.39. The molecule has 54 heavy (non-hydrogen) atoms. The Balaban J connectivity index is 1.64. The molecule has 0 radical (unpaired) electrons. The molecule has 0 bridgehead atoms. The molecular formula is C43H61N3O6S2. The number of nitrogens with zero attached hydrogens (tertiary/aromatic N) is 2. The van der Waals surface area contributed by atoms with E-state index in [1.54, 1.807) is 11.9 Å². The SMILES string of the molecule is CN(C(=O)OC(C)(C)C)C1=C(/C=C/CC(C)(C)c2ccccc2NCCCCS(=O)O)CC/C1=C\C=C1\N(CCCCS(=O)O)c2ccccc2C1(C)C. The van der Waals surface area contributed by atoms with Gasteiger partial charge in [0.2, 0.25) is 0 Å². The van der Waals surface area contributed by atoms with E-state index in [-0.39, 0.29) is 22.3 Å². The van der Waals surface area contributed by atoms with Crippen LogP contribution in [0.2, 0.25) is 0 Å². The van der Waals surface area contributed by atoms with Crippen LogP contribution in [0.3, 0.4) is 0 Å². The Kier molecular flexibility index (Phi) is 15.1. The van der Waals surface area contributed by atoms with Crippen molar-refractivity contribution < 1.29 is 27.1 Å². The van der Waals surface area contributed by atoms with E-state index in [0.717, 1.165) is 79.1 Å². The number of rotatable bonds is 17. The molecule has 9 nitrogen and oxygen atoms in total. The predicted molar refractivity (Wildman–Crippen MR) is 225 cm³/mol. The molecule has 1 aliphatic carbocycles. The minimum atomic E-state index is -1.80. The zero-order valence-corrected chi connectivity index (χ0v) is 35.1. The number of allylic oxidation sites excluding steroid dienone is 7. The molecule has 2 aromatic carbocycles. The van der Waals surface area contributed by atoms with E-state index in [9.17, 15) is 17.8 Å². The van der Waals surface area contributed by atoms with Crippen molar-refractivity contribution in [2.24, 2.45) is 0 Å². The molecule has 296 valence electrons. The Morgan fingerprint density at radius 3 is 2.26 bits per heavy atom. The Labute approximate surface area is 328 Å². The number of likely N-dealkylation sites (N-methyl/N-ethyl adjacent to an activating group) is 1. The zero-order valence-electron chi connectivity index (χ0n) is 33.4. The maximum atomic E-state index is 13.5. The van der Waals surface area contributed by atoms with Crippen molar-refractivity contribution in [2.45, 2.75) is 110 Å². The van der Waals surface area contributed by atoms with Crippen LogP contribution in [0.1, 0.15) is 105 Å². The van der Waals surface area contributed by atoms with Crippen LogP contribution in [0.5, 0.6) is 0 Å². The first kappa shape index (κ1) is 43.2. The van der Waals surface area contributed by atoms with Gasteiger partial charge in [0.15, 0.2) is 22.2 Å². The Morgan fingerprint density at radius 2 is 1.57 bits per heavy atom. The fourth-order valence-electron chi connectivity index (χ4n) is 7.35. The maximum absolute atomic E-state index is 13.5. The van der Waals surface area contributed by atoms with Crippen LogP contribution < -0.4 is 10.2 Å². The lowest BCUT2D eigenvalue weighted by atomic mass is 9.80. The van der Waals surface area contributed by atoms with Crippen molar-refractivity contribution in [1.82, 2.24) is 4.90 Å². The molecule has 2 aliphatic rings. The van der Waals surface area contributed by atoms with Crippen LogP contribution in [-0.4, -0.2) is 65.8 Å². The van der Waals surface area contributed by atoms with E-state index in [1.807, 2.05) is 26.8 Å². The second-order valence-electron chi connectivity index (χ2n) is 16.4. The molecule has 0 spiro atoms. The van der Waals surface area contributed by atoms with E-state index < -0.39 is 33.9 Å². The third kappa shape index (κ3) is 11.5. The van der Waals surface area contributed by atoms with Gasteiger partial charge in [-0.25, -0.2) is 13.2 Å². The smallest absolute Gasteiger partial charge is 0.414 e. The monoisotopic (exact) mass is 779 g/mol. The molecule has 2 aromatic rings. The average molecular weight is 780 g/mol. The summed E-state index contributed by atoms with van der Waals surface area (Å²) in [5, 5.41) is 3.54. The molecule has 11 heteroatoms. The van der Waals surface area contributed by atoms with Gasteiger partial charge >= 0.3 is 6.09 Å². The molecule has 2 atom stereocenters. The quantitative estimate of drug-likeness (QED) is 0.107. The van der Waals surface area contributed by atoms with Crippen LogP contribution in [0.15, 0.2) is 95.4 Å². The third-order valence-electron chi connectivity index (χ3n) is 10.1. The van der Waals surface area contributed by atoms with Crippen LogP contribution in [-0.2, 0) is 37.7 Å². The molecule has 2 unspecified atom stereocenters. The van der Waals surface area contributed by atoms with Crippen molar-refractivity contribution >= 4 is 39.6 Å². The Morgan fingerprint density at radius 1 is 0.926 bits per heavy atom. The number of carbonyl (C=O) groups is 1. The largest absolute Gasteiger partial charge is 0.443 e. The number of ether oxygens (including phenoxy) is 1. The second kappa shape index (κ2) is 18.9. The third-order valence-corrected chi connectivity index (χ3v) is 11.4. The topological polar surface area (TPSA) is 119 Å². The van der Waals surface area contributed by atoms with E-state index in [0.29, 0.717) is 12.8 Å². The van der Waals surface area contributed by atoms with Gasteiger partial charge in [-0.3, -0.25) is 4.90 Å². The highest BCUT2D eigenvalue weighted by molar-refractivity contribution is 7.79. The lowest BCUT2D eigenvalue weighted by Gasteiger charge is -2.28. The molecule has 0 aromatic heterocycles. The summed E-state index contributed by atoms with van der Waals surface area (Å²) in [4.78, 5) is 17.5. The standard InChI is InChI=1S/C43H61N3O6S2/c1-41(2,3)52-40(47)45(8)39-32(18-17-27-42(4,5)34-19-9-11-21-36(34)44-28-13-15-30-53(48)49)23-24-33(39)25-26-38-43(6,7)35-20-10-12-22-37(35)46(38)29-14-16-31-54(50)51/h9-12,17-22,25-26,44H,13-16,23-24,27-31H2,1-8H3,(H,48,49)(H,50,51)/b18-17+,33-25+,38-26+. The van der Waals surface area contributed by atoms with Gasteiger partial charge in [-0.1, -0.05) is 82.3 Å². The van der Waals surface area contributed by atoms with Gasteiger partial charge in [0.25, 0.3) is 0 Å². The van der Waals surface area contributed by atoms with E-state index in [4.69, 9.17) is 9.29 Å². The lowest BCUT2D eigenvalue weighted by molar-refractivity contribution is 0.0356. The lowest BCUT2D eigenvalue weighted by Crippen LogP contribution is -2.34. The maximum Gasteiger partial charge on any atom is 0.414 e. The van der Waals surface area contributed by atoms with E-state index in [1.165, 1.54) is 11.1 Å². The number of benzene rings is 2. The highest BCUT2D eigenvalue weighted by atomic mass is 32.2. The summed E-state index contributed by atoms with van der Waals surface area (Å²) in [6, 6.07) is 16.8. The molecule has 0 saturated carbocycles.